The molecule has 0 fully saturated rings. The zero-order valence-electron chi connectivity index (χ0n) is 20.1. The molecule has 1 atom stereocenters. The number of thiazole rings is 1. The molecule has 184 valence electrons. The van der Waals surface area contributed by atoms with Gasteiger partial charge in [-0.15, -0.1) is 0 Å². The van der Waals surface area contributed by atoms with Gasteiger partial charge in [-0.05, 0) is 50.1 Å². The van der Waals surface area contributed by atoms with Crippen molar-refractivity contribution in [3.05, 3.63) is 86.2 Å². The summed E-state index contributed by atoms with van der Waals surface area (Å²) in [6.07, 6.45) is 0.839. The van der Waals surface area contributed by atoms with Gasteiger partial charge in [0.25, 0.3) is 5.91 Å². The molecule has 0 aliphatic carbocycles. The van der Waals surface area contributed by atoms with E-state index in [0.717, 1.165) is 17.8 Å². The molecule has 0 N–H and O–H groups in total. The number of esters is 1. The summed E-state index contributed by atoms with van der Waals surface area (Å²) in [6.45, 7) is 6.18. The van der Waals surface area contributed by atoms with Gasteiger partial charge in [0.05, 0.1) is 35.9 Å². The van der Waals surface area contributed by atoms with Gasteiger partial charge in [0.1, 0.15) is 16.2 Å². The highest BCUT2D eigenvalue weighted by molar-refractivity contribution is 7.17. The molecule has 0 spiro atoms. The fraction of sp³-hybridized carbons (Fsp3) is 0.259. The molecule has 0 saturated carbocycles. The van der Waals surface area contributed by atoms with Crippen molar-refractivity contribution in [1.29, 1.82) is 0 Å². The van der Waals surface area contributed by atoms with Crippen molar-refractivity contribution in [2.45, 2.75) is 33.2 Å². The van der Waals surface area contributed by atoms with Crippen LogP contribution in [0.4, 0.5) is 5.13 Å². The van der Waals surface area contributed by atoms with Crippen molar-refractivity contribution >= 4 is 39.3 Å². The van der Waals surface area contributed by atoms with Crippen LogP contribution in [0, 0.1) is 6.92 Å². The molecule has 4 aromatic rings. The molecule has 0 unspecified atom stereocenters. The fourth-order valence-corrected chi connectivity index (χ4v) is 5.29. The van der Waals surface area contributed by atoms with Crippen LogP contribution in [0.2, 0.25) is 0 Å². The maximum absolute atomic E-state index is 13.8. The van der Waals surface area contributed by atoms with E-state index in [9.17, 15) is 14.4 Å². The Morgan fingerprint density at radius 3 is 2.72 bits per heavy atom. The molecule has 8 nitrogen and oxygen atoms in total. The Balaban J connectivity index is 1.71. The molecule has 0 saturated heterocycles. The number of rotatable bonds is 7. The first-order valence-corrected chi connectivity index (χ1v) is 12.5. The van der Waals surface area contributed by atoms with Crippen LogP contribution in [-0.2, 0) is 4.74 Å². The molecular weight excluding hydrogens is 480 g/mol. The van der Waals surface area contributed by atoms with Crippen molar-refractivity contribution in [2.24, 2.45) is 0 Å². The molecule has 0 radical (unpaired) electrons. The lowest BCUT2D eigenvalue weighted by molar-refractivity contribution is 0.0531. The van der Waals surface area contributed by atoms with Gasteiger partial charge >= 0.3 is 5.97 Å². The maximum atomic E-state index is 13.8. The highest BCUT2D eigenvalue weighted by Gasteiger charge is 2.45. The monoisotopic (exact) mass is 504 g/mol. The van der Waals surface area contributed by atoms with Crippen LogP contribution in [0.15, 0.2) is 57.7 Å². The Bertz CT molecular complexity index is 1540. The number of anilines is 1. The molecule has 9 heteroatoms. The summed E-state index contributed by atoms with van der Waals surface area (Å²) in [5.74, 6) is -0.409. The minimum absolute atomic E-state index is 0.0332. The van der Waals surface area contributed by atoms with Crippen LogP contribution in [0.3, 0.4) is 0 Å². The second kappa shape index (κ2) is 9.58. The van der Waals surface area contributed by atoms with Crippen molar-refractivity contribution in [1.82, 2.24) is 4.98 Å². The van der Waals surface area contributed by atoms with E-state index in [2.05, 4.69) is 4.98 Å². The van der Waals surface area contributed by atoms with Crippen molar-refractivity contribution in [2.75, 3.05) is 18.1 Å². The van der Waals surface area contributed by atoms with E-state index in [1.807, 2.05) is 31.2 Å². The van der Waals surface area contributed by atoms with Gasteiger partial charge in [-0.3, -0.25) is 14.5 Å². The van der Waals surface area contributed by atoms with E-state index in [0.29, 0.717) is 39.5 Å². The second-order valence-electron chi connectivity index (χ2n) is 8.30. The predicted molar refractivity (Wildman–Crippen MR) is 136 cm³/mol. The van der Waals surface area contributed by atoms with Gasteiger partial charge in [0, 0.05) is 0 Å². The number of amides is 1. The summed E-state index contributed by atoms with van der Waals surface area (Å²) in [4.78, 5) is 46.2. The number of hydrogen-bond acceptors (Lipinski definition) is 8. The Kier molecular flexibility index (Phi) is 6.32. The van der Waals surface area contributed by atoms with Gasteiger partial charge < -0.3 is 13.9 Å². The van der Waals surface area contributed by atoms with Crippen LogP contribution in [-0.4, -0.2) is 30.1 Å². The number of para-hydroxylation sites is 1. The SMILES string of the molecule is CCCOc1cccc([C@H]2c3c(oc4ccccc4c3=O)C(=O)N2c2nc(C)c(C(=O)OCC)s2)c1. The molecule has 3 heterocycles. The first-order chi connectivity index (χ1) is 17.4. The van der Waals surface area contributed by atoms with Crippen LogP contribution in [0.1, 0.15) is 63.4 Å². The van der Waals surface area contributed by atoms with Crippen molar-refractivity contribution in [3.63, 3.8) is 0 Å². The number of carbonyl (C=O) groups excluding carboxylic acids is 2. The number of hydrogen-bond donors (Lipinski definition) is 0. The largest absolute Gasteiger partial charge is 0.494 e. The third-order valence-electron chi connectivity index (χ3n) is 5.88. The zero-order valence-corrected chi connectivity index (χ0v) is 20.9. The van der Waals surface area contributed by atoms with Gasteiger partial charge in [-0.1, -0.05) is 42.5 Å². The third-order valence-corrected chi connectivity index (χ3v) is 7.01. The Hall–Kier alpha value is -3.98. The molecule has 2 aromatic heterocycles. The van der Waals surface area contributed by atoms with E-state index in [-0.39, 0.29) is 28.5 Å². The second-order valence-corrected chi connectivity index (χ2v) is 9.28. The highest BCUT2D eigenvalue weighted by atomic mass is 32.1. The van der Waals surface area contributed by atoms with Gasteiger partial charge in [0.15, 0.2) is 10.6 Å². The number of aryl methyl sites for hydroxylation is 1. The van der Waals surface area contributed by atoms with Crippen LogP contribution >= 0.6 is 11.3 Å². The summed E-state index contributed by atoms with van der Waals surface area (Å²) in [7, 11) is 0. The number of aromatic nitrogens is 1. The van der Waals surface area contributed by atoms with Gasteiger partial charge in [0.2, 0.25) is 5.76 Å². The number of carbonyl (C=O) groups is 2. The van der Waals surface area contributed by atoms with Crippen LogP contribution in [0.25, 0.3) is 11.0 Å². The fourth-order valence-electron chi connectivity index (χ4n) is 4.30. The molecule has 1 amide bonds. The number of nitrogens with zero attached hydrogens (tertiary/aromatic N) is 2. The predicted octanol–water partition coefficient (Wildman–Crippen LogP) is 5.27. The minimum atomic E-state index is -0.806. The molecular formula is C27H24N2O6S. The first kappa shape index (κ1) is 23.7. The number of benzene rings is 2. The summed E-state index contributed by atoms with van der Waals surface area (Å²) in [6, 6.07) is 13.3. The molecule has 5 rings (SSSR count). The van der Waals surface area contributed by atoms with Crippen LogP contribution in [0.5, 0.6) is 5.75 Å². The quantitative estimate of drug-likeness (QED) is 0.316. The van der Waals surface area contributed by atoms with Gasteiger partial charge in [-0.2, -0.15) is 0 Å². The molecule has 2 aromatic carbocycles. The lowest BCUT2D eigenvalue weighted by Crippen LogP contribution is -2.29. The van der Waals surface area contributed by atoms with E-state index < -0.39 is 17.9 Å². The molecule has 1 aliphatic heterocycles. The topological polar surface area (TPSA) is 98.9 Å². The maximum Gasteiger partial charge on any atom is 0.350 e. The van der Waals surface area contributed by atoms with E-state index in [1.165, 1.54) is 4.90 Å². The molecule has 36 heavy (non-hydrogen) atoms. The highest BCUT2D eigenvalue weighted by Crippen LogP contribution is 2.43. The minimum Gasteiger partial charge on any atom is -0.494 e. The molecule has 0 bridgehead atoms. The lowest BCUT2D eigenvalue weighted by atomic mass is 9.98. The van der Waals surface area contributed by atoms with E-state index in [1.54, 1.807) is 38.1 Å². The summed E-state index contributed by atoms with van der Waals surface area (Å²) in [5.41, 5.74) is 1.39. The summed E-state index contributed by atoms with van der Waals surface area (Å²) < 4.78 is 16.9. The third kappa shape index (κ3) is 3.95. The van der Waals surface area contributed by atoms with Crippen molar-refractivity contribution < 1.29 is 23.5 Å². The lowest BCUT2D eigenvalue weighted by Gasteiger charge is -2.23. The van der Waals surface area contributed by atoms with Gasteiger partial charge in [-0.25, -0.2) is 9.78 Å². The average molecular weight is 505 g/mol. The Morgan fingerprint density at radius 2 is 1.94 bits per heavy atom. The zero-order chi connectivity index (χ0) is 25.4. The standard InChI is InChI=1S/C27H24N2O6S/c1-4-13-34-17-10-8-9-16(14-17)21-20-22(30)18-11-6-7-12-19(18)35-23(20)25(31)29(21)27-28-15(3)24(36-27)26(32)33-5-2/h6-12,14,21H,4-5,13H2,1-3H3/t21-/m0/s1. The summed E-state index contributed by atoms with van der Waals surface area (Å²) >= 11 is 1.05. The first-order valence-electron chi connectivity index (χ1n) is 11.7. The average Bonchev–Trinajstić information content (AvgIpc) is 3.40. The van der Waals surface area contributed by atoms with E-state index in [4.69, 9.17) is 13.9 Å². The normalized spacial score (nSPS) is 14.8. The number of fused-ring (bicyclic) bond motifs is 2. The molecule has 1 aliphatic rings. The summed E-state index contributed by atoms with van der Waals surface area (Å²) in [5, 5.41) is 0.664. The van der Waals surface area contributed by atoms with Crippen molar-refractivity contribution in [3.8, 4) is 5.75 Å². The Labute approximate surface area is 211 Å². The van der Waals surface area contributed by atoms with E-state index >= 15 is 0 Å². The smallest absolute Gasteiger partial charge is 0.350 e. The van der Waals surface area contributed by atoms with Crippen LogP contribution < -0.4 is 15.1 Å². The Morgan fingerprint density at radius 1 is 1.14 bits per heavy atom. The number of ether oxygens (including phenoxy) is 2.